The highest BCUT2D eigenvalue weighted by atomic mass is 32.2. The molecule has 0 saturated heterocycles. The molecule has 0 spiro atoms. The van der Waals surface area contributed by atoms with Crippen molar-refractivity contribution in [2.75, 3.05) is 4.72 Å². The summed E-state index contributed by atoms with van der Waals surface area (Å²) in [5, 5.41) is 3.80. The largest absolute Gasteiger partial charge is 0.416 e. The molecule has 1 aromatic heterocycles. The monoisotopic (exact) mass is 305 g/mol. The van der Waals surface area contributed by atoms with E-state index < -0.39 is 26.7 Å². The lowest BCUT2D eigenvalue weighted by Crippen LogP contribution is -2.15. The highest BCUT2D eigenvalue weighted by Gasteiger charge is 2.31. The van der Waals surface area contributed by atoms with E-state index in [9.17, 15) is 21.6 Å². The Morgan fingerprint density at radius 2 is 1.95 bits per heavy atom. The highest BCUT2D eigenvalue weighted by molar-refractivity contribution is 7.92. The summed E-state index contributed by atoms with van der Waals surface area (Å²) in [4.78, 5) is -0.474. The summed E-state index contributed by atoms with van der Waals surface area (Å²) in [6, 6.07) is 4.90. The number of benzene rings is 1. The van der Waals surface area contributed by atoms with Crippen molar-refractivity contribution < 1.29 is 21.6 Å². The third-order valence-electron chi connectivity index (χ3n) is 2.42. The zero-order valence-electron chi connectivity index (χ0n) is 10.2. The second kappa shape index (κ2) is 4.82. The Morgan fingerprint density at radius 3 is 2.50 bits per heavy atom. The van der Waals surface area contributed by atoms with Crippen LogP contribution in [0, 0.1) is 0 Å². The second-order valence-corrected chi connectivity index (χ2v) is 5.69. The van der Waals surface area contributed by atoms with E-state index >= 15 is 0 Å². The molecule has 0 fully saturated rings. The number of alkyl halides is 3. The topological polar surface area (TPSA) is 64.0 Å². The molecule has 108 valence electrons. The first-order chi connectivity index (χ1) is 9.18. The van der Waals surface area contributed by atoms with E-state index in [0.717, 1.165) is 18.2 Å². The summed E-state index contributed by atoms with van der Waals surface area (Å²) in [7, 11) is -2.52. The number of hydrogen-bond acceptors (Lipinski definition) is 3. The number of rotatable bonds is 3. The molecule has 0 bridgehead atoms. The third kappa shape index (κ3) is 3.10. The minimum Gasteiger partial charge on any atom is -0.274 e. The number of aromatic nitrogens is 2. The third-order valence-corrected chi connectivity index (χ3v) is 3.78. The number of sulfonamides is 1. The molecule has 0 aliphatic rings. The van der Waals surface area contributed by atoms with Crippen molar-refractivity contribution in [2.24, 2.45) is 7.05 Å². The Balaban J connectivity index is 2.35. The summed E-state index contributed by atoms with van der Waals surface area (Å²) in [6.45, 7) is 0. The molecule has 2 rings (SSSR count). The predicted octanol–water partition coefficient (Wildman–Crippen LogP) is 2.24. The van der Waals surface area contributed by atoms with Crippen molar-refractivity contribution in [2.45, 2.75) is 11.1 Å². The number of hydrogen-bond donors (Lipinski definition) is 1. The molecule has 0 atom stereocenters. The first-order valence-corrected chi connectivity index (χ1v) is 6.86. The summed E-state index contributed by atoms with van der Waals surface area (Å²) >= 11 is 0. The molecule has 9 heteroatoms. The van der Waals surface area contributed by atoms with Crippen molar-refractivity contribution in [1.82, 2.24) is 9.78 Å². The van der Waals surface area contributed by atoms with Crippen molar-refractivity contribution >= 4 is 15.8 Å². The number of nitrogens with one attached hydrogen (secondary N) is 1. The van der Waals surface area contributed by atoms with Crippen LogP contribution in [-0.4, -0.2) is 18.2 Å². The zero-order chi connectivity index (χ0) is 15.0. The fraction of sp³-hybridized carbons (Fsp3) is 0.182. The van der Waals surface area contributed by atoms with Crippen molar-refractivity contribution in [1.29, 1.82) is 0 Å². The van der Waals surface area contributed by atoms with Gasteiger partial charge in [0, 0.05) is 19.3 Å². The van der Waals surface area contributed by atoms with Gasteiger partial charge in [0.15, 0.2) is 5.82 Å². The van der Waals surface area contributed by atoms with E-state index in [2.05, 4.69) is 9.82 Å². The molecule has 20 heavy (non-hydrogen) atoms. The molecular weight excluding hydrogens is 295 g/mol. The second-order valence-electron chi connectivity index (χ2n) is 4.01. The molecular formula is C11H10F3N3O2S. The smallest absolute Gasteiger partial charge is 0.274 e. The number of aryl methyl sites for hydroxylation is 1. The lowest BCUT2D eigenvalue weighted by atomic mass is 10.2. The van der Waals surface area contributed by atoms with Gasteiger partial charge in [0.05, 0.1) is 10.5 Å². The van der Waals surface area contributed by atoms with Crippen LogP contribution in [0.2, 0.25) is 0 Å². The molecule has 0 unspecified atom stereocenters. The van der Waals surface area contributed by atoms with E-state index in [1.807, 2.05) is 0 Å². The average molecular weight is 305 g/mol. The molecule has 1 N–H and O–H groups in total. The van der Waals surface area contributed by atoms with Gasteiger partial charge < -0.3 is 0 Å². The van der Waals surface area contributed by atoms with Crippen molar-refractivity contribution in [3.63, 3.8) is 0 Å². The fourth-order valence-electron chi connectivity index (χ4n) is 1.51. The molecule has 5 nitrogen and oxygen atoms in total. The molecule has 0 saturated carbocycles. The highest BCUT2D eigenvalue weighted by Crippen LogP contribution is 2.30. The van der Waals surface area contributed by atoms with Gasteiger partial charge in [0.1, 0.15) is 0 Å². The first kappa shape index (κ1) is 14.4. The van der Waals surface area contributed by atoms with E-state index in [0.29, 0.717) is 6.07 Å². The molecule has 0 aliphatic heterocycles. The van der Waals surface area contributed by atoms with Crippen LogP contribution in [0.15, 0.2) is 41.4 Å². The quantitative estimate of drug-likeness (QED) is 0.946. The van der Waals surface area contributed by atoms with Gasteiger partial charge in [-0.25, -0.2) is 8.42 Å². The van der Waals surface area contributed by atoms with Crippen LogP contribution in [0.3, 0.4) is 0 Å². The van der Waals surface area contributed by atoms with Crippen LogP contribution in [0.1, 0.15) is 5.56 Å². The van der Waals surface area contributed by atoms with Crippen molar-refractivity contribution in [3.8, 4) is 0 Å². The lowest BCUT2D eigenvalue weighted by molar-refractivity contribution is -0.137. The van der Waals surface area contributed by atoms with E-state index in [1.165, 1.54) is 16.9 Å². The van der Waals surface area contributed by atoms with Crippen LogP contribution in [0.25, 0.3) is 0 Å². The van der Waals surface area contributed by atoms with E-state index in [1.54, 1.807) is 7.05 Å². The minimum absolute atomic E-state index is 0.0323. The van der Waals surface area contributed by atoms with Crippen molar-refractivity contribution in [3.05, 3.63) is 42.1 Å². The van der Waals surface area contributed by atoms with Gasteiger partial charge in [0.2, 0.25) is 0 Å². The fourth-order valence-corrected chi connectivity index (χ4v) is 2.55. The molecule has 0 radical (unpaired) electrons. The molecule has 2 aromatic rings. The average Bonchev–Trinajstić information content (AvgIpc) is 2.73. The van der Waals surface area contributed by atoms with Gasteiger partial charge in [-0.05, 0) is 18.2 Å². The number of nitrogens with zero attached hydrogens (tertiary/aromatic N) is 2. The van der Waals surface area contributed by atoms with Gasteiger partial charge >= 0.3 is 6.18 Å². The molecule has 1 aromatic carbocycles. The molecule has 1 heterocycles. The maximum atomic E-state index is 12.6. The first-order valence-electron chi connectivity index (χ1n) is 5.38. The van der Waals surface area contributed by atoms with Gasteiger partial charge in [-0.15, -0.1) is 0 Å². The lowest BCUT2D eigenvalue weighted by Gasteiger charge is -2.09. The SMILES string of the molecule is Cn1ccc(NS(=O)(=O)c2cccc(C(F)(F)F)c2)n1. The van der Waals surface area contributed by atoms with Crippen LogP contribution >= 0.6 is 0 Å². The Bertz CT molecular complexity index is 723. The van der Waals surface area contributed by atoms with E-state index in [-0.39, 0.29) is 5.82 Å². The predicted molar refractivity (Wildman–Crippen MR) is 65.5 cm³/mol. The van der Waals surface area contributed by atoms with Gasteiger partial charge in [-0.1, -0.05) is 6.07 Å². The van der Waals surface area contributed by atoms with Crippen LogP contribution < -0.4 is 4.72 Å². The normalized spacial score (nSPS) is 12.4. The number of anilines is 1. The molecule has 0 aliphatic carbocycles. The maximum absolute atomic E-state index is 12.6. The minimum atomic E-state index is -4.60. The van der Waals surface area contributed by atoms with Crippen LogP contribution in [0.4, 0.5) is 19.0 Å². The summed E-state index contributed by atoms with van der Waals surface area (Å²) in [5.74, 6) is 0.0323. The van der Waals surface area contributed by atoms with Gasteiger partial charge in [-0.2, -0.15) is 18.3 Å². The number of halogens is 3. The Morgan fingerprint density at radius 1 is 1.25 bits per heavy atom. The summed E-state index contributed by atoms with van der Waals surface area (Å²) in [5.41, 5.74) is -1.03. The van der Waals surface area contributed by atoms with Crippen LogP contribution in [-0.2, 0) is 23.2 Å². The summed E-state index contributed by atoms with van der Waals surface area (Å²) < 4.78 is 65.1. The van der Waals surface area contributed by atoms with Crippen LogP contribution in [0.5, 0.6) is 0 Å². The van der Waals surface area contributed by atoms with E-state index in [4.69, 9.17) is 0 Å². The maximum Gasteiger partial charge on any atom is 0.416 e. The van der Waals surface area contributed by atoms with Gasteiger partial charge in [0.25, 0.3) is 10.0 Å². The zero-order valence-corrected chi connectivity index (χ0v) is 11.0. The Kier molecular flexibility index (Phi) is 3.46. The Hall–Kier alpha value is -2.03. The molecule has 0 amide bonds. The van der Waals surface area contributed by atoms with Gasteiger partial charge in [-0.3, -0.25) is 9.40 Å². The summed E-state index contributed by atoms with van der Waals surface area (Å²) in [6.07, 6.45) is -3.10. The standard InChI is InChI=1S/C11H10F3N3O2S/c1-17-6-5-10(15-17)16-20(18,19)9-4-2-3-8(7-9)11(12,13)14/h2-7H,1H3,(H,15,16). The Labute approximate surface area is 113 Å².